The molecular weight excluding hydrogens is 328 g/mol. The van der Waals surface area contributed by atoms with E-state index in [0.717, 1.165) is 0 Å². The van der Waals surface area contributed by atoms with Crippen LogP contribution in [0.1, 0.15) is 34.6 Å². The van der Waals surface area contributed by atoms with Crippen LogP contribution in [0.2, 0.25) is 0 Å². The highest BCUT2D eigenvalue weighted by molar-refractivity contribution is 6.01. The predicted octanol–water partition coefficient (Wildman–Crippen LogP) is 2.45. The molecule has 0 amide bonds. The fourth-order valence-corrected chi connectivity index (χ4v) is 1.21. The van der Waals surface area contributed by atoms with Gasteiger partial charge in [-0.15, -0.1) is 26.3 Å². The van der Waals surface area contributed by atoms with Crippen molar-refractivity contribution in [1.82, 2.24) is 0 Å². The Morgan fingerprint density at radius 3 is 1.60 bits per heavy atom. The molecule has 1 aromatic carbocycles. The molecule has 0 aromatic heterocycles. The zero-order valence-corrected chi connectivity index (χ0v) is 14.7. The largest absolute Gasteiger partial charge is 0.478 e. The molecule has 0 aliphatic carbocycles. The highest BCUT2D eigenvalue weighted by Gasteiger charge is 2.13. The number of carboxylic acids is 2. The van der Waals surface area contributed by atoms with Gasteiger partial charge in [-0.3, -0.25) is 0 Å². The Kier molecular flexibility index (Phi) is 19.6. The summed E-state index contributed by atoms with van der Waals surface area (Å²) >= 11 is 0. The molecule has 1 rings (SSSR count). The number of carbonyl (C=O) groups is 2. The highest BCUT2D eigenvalue weighted by atomic mass is 16.5. The molecular formula is C18H28O7. The Labute approximate surface area is 148 Å². The van der Waals surface area contributed by atoms with Crippen molar-refractivity contribution in [1.29, 1.82) is 0 Å². The number of aliphatic hydroxyl groups is 2. The predicted molar refractivity (Wildman–Crippen MR) is 97.0 cm³/mol. The average molecular weight is 356 g/mol. The number of aliphatic hydroxyl groups excluding tert-OH is 2. The first-order valence-corrected chi connectivity index (χ1v) is 7.25. The second-order valence-corrected chi connectivity index (χ2v) is 4.33. The van der Waals surface area contributed by atoms with Crippen LogP contribution in [0.25, 0.3) is 0 Å². The van der Waals surface area contributed by atoms with Gasteiger partial charge in [-0.25, -0.2) is 9.59 Å². The van der Waals surface area contributed by atoms with Crippen LogP contribution in [0.5, 0.6) is 0 Å². The molecule has 2 unspecified atom stereocenters. The van der Waals surface area contributed by atoms with Gasteiger partial charge in [-0.1, -0.05) is 12.1 Å². The van der Waals surface area contributed by atoms with Gasteiger partial charge < -0.3 is 25.2 Å². The van der Waals surface area contributed by atoms with Crippen LogP contribution >= 0.6 is 0 Å². The van der Waals surface area contributed by atoms with Crippen LogP contribution in [0.4, 0.5) is 0 Å². The SMILES string of the molecule is C=C.C=C.CC(O)COC(C)CO.O=C(O)c1ccccc1C(=O)O. The molecule has 0 aliphatic rings. The zero-order chi connectivity index (χ0) is 20.4. The van der Waals surface area contributed by atoms with Gasteiger partial charge in [0.15, 0.2) is 0 Å². The summed E-state index contributed by atoms with van der Waals surface area (Å²) in [6.45, 7) is 15.7. The van der Waals surface area contributed by atoms with Gasteiger partial charge in [0, 0.05) is 0 Å². The van der Waals surface area contributed by atoms with Crippen LogP contribution in [-0.2, 0) is 4.74 Å². The summed E-state index contributed by atoms with van der Waals surface area (Å²) < 4.78 is 4.95. The molecule has 142 valence electrons. The van der Waals surface area contributed by atoms with Gasteiger partial charge in [-0.2, -0.15) is 0 Å². The number of carboxylic acid groups (broad SMARTS) is 2. The second-order valence-electron chi connectivity index (χ2n) is 4.33. The second kappa shape index (κ2) is 17.9. The first-order valence-electron chi connectivity index (χ1n) is 7.25. The van der Waals surface area contributed by atoms with Crippen molar-refractivity contribution in [2.24, 2.45) is 0 Å². The third-order valence-corrected chi connectivity index (χ3v) is 2.27. The topological polar surface area (TPSA) is 124 Å². The number of hydrogen-bond donors (Lipinski definition) is 4. The van der Waals surface area contributed by atoms with E-state index in [0.29, 0.717) is 6.61 Å². The van der Waals surface area contributed by atoms with Gasteiger partial charge in [0.2, 0.25) is 0 Å². The minimum absolute atomic E-state index is 0.00667. The highest BCUT2D eigenvalue weighted by Crippen LogP contribution is 2.07. The molecule has 0 saturated carbocycles. The molecule has 1 aromatic rings. The zero-order valence-electron chi connectivity index (χ0n) is 14.7. The lowest BCUT2D eigenvalue weighted by atomic mass is 10.1. The van der Waals surface area contributed by atoms with E-state index >= 15 is 0 Å². The van der Waals surface area contributed by atoms with Crippen LogP contribution in [0, 0.1) is 0 Å². The molecule has 0 heterocycles. The van der Waals surface area contributed by atoms with Gasteiger partial charge in [0.05, 0.1) is 36.5 Å². The standard InChI is InChI=1S/C8H6O4.C6H14O3.2C2H4/c9-7(10)5-3-1-2-4-6(5)8(11)12;1-5(8)4-9-6(2)3-7;2*1-2/h1-4H,(H,9,10)(H,11,12);5-8H,3-4H2,1-2H3;2*1-2H2. The summed E-state index contributed by atoms with van der Waals surface area (Å²) in [4.78, 5) is 20.9. The van der Waals surface area contributed by atoms with E-state index in [-0.39, 0.29) is 23.8 Å². The van der Waals surface area contributed by atoms with Crippen LogP contribution in [0.15, 0.2) is 50.6 Å². The first-order chi connectivity index (χ1) is 11.8. The summed E-state index contributed by atoms with van der Waals surface area (Å²) in [5.74, 6) is -2.46. The fraction of sp³-hybridized carbons (Fsp3) is 0.333. The summed E-state index contributed by atoms with van der Waals surface area (Å²) in [7, 11) is 0. The first kappa shape index (κ1) is 27.4. The average Bonchev–Trinajstić information content (AvgIpc) is 2.63. The number of ether oxygens (including phenoxy) is 1. The van der Waals surface area contributed by atoms with Gasteiger partial charge in [0.25, 0.3) is 0 Å². The van der Waals surface area contributed by atoms with Gasteiger partial charge >= 0.3 is 11.9 Å². The Balaban J connectivity index is -0.000000332. The Hall–Kier alpha value is -2.48. The Bertz CT molecular complexity index is 451. The van der Waals surface area contributed by atoms with Crippen LogP contribution in [0.3, 0.4) is 0 Å². The summed E-state index contributed by atoms with van der Waals surface area (Å²) in [5.41, 5.74) is -0.380. The normalized spacial score (nSPS) is 11.0. The Morgan fingerprint density at radius 2 is 1.36 bits per heavy atom. The quantitative estimate of drug-likeness (QED) is 0.577. The van der Waals surface area contributed by atoms with E-state index < -0.39 is 18.0 Å². The van der Waals surface area contributed by atoms with Gasteiger partial charge in [-0.05, 0) is 26.0 Å². The van der Waals surface area contributed by atoms with E-state index in [1.54, 1.807) is 13.8 Å². The minimum atomic E-state index is -1.23. The third kappa shape index (κ3) is 14.8. The van der Waals surface area contributed by atoms with Gasteiger partial charge in [0.1, 0.15) is 0 Å². The third-order valence-electron chi connectivity index (χ3n) is 2.27. The van der Waals surface area contributed by atoms with Crippen LogP contribution in [-0.4, -0.2) is 57.8 Å². The minimum Gasteiger partial charge on any atom is -0.478 e. The molecule has 7 heteroatoms. The number of rotatable bonds is 6. The van der Waals surface area contributed by atoms with Crippen LogP contribution < -0.4 is 0 Å². The molecule has 0 spiro atoms. The summed E-state index contributed by atoms with van der Waals surface area (Å²) in [6, 6.07) is 5.48. The molecule has 25 heavy (non-hydrogen) atoms. The van der Waals surface area contributed by atoms with Crippen molar-refractivity contribution in [3.8, 4) is 0 Å². The van der Waals surface area contributed by atoms with Crippen molar-refractivity contribution in [2.75, 3.05) is 13.2 Å². The molecule has 0 bridgehead atoms. The monoisotopic (exact) mass is 356 g/mol. The van der Waals surface area contributed by atoms with E-state index in [1.807, 2.05) is 0 Å². The molecule has 7 nitrogen and oxygen atoms in total. The van der Waals surface area contributed by atoms with E-state index in [4.69, 9.17) is 25.2 Å². The molecule has 0 radical (unpaired) electrons. The maximum atomic E-state index is 10.5. The smallest absolute Gasteiger partial charge is 0.336 e. The Morgan fingerprint density at radius 1 is 1.00 bits per heavy atom. The molecule has 0 saturated heterocycles. The van der Waals surface area contributed by atoms with E-state index in [1.165, 1.54) is 24.3 Å². The van der Waals surface area contributed by atoms with Crippen molar-refractivity contribution in [3.63, 3.8) is 0 Å². The number of benzene rings is 1. The fourth-order valence-electron chi connectivity index (χ4n) is 1.21. The lowest BCUT2D eigenvalue weighted by molar-refractivity contribution is -0.0177. The number of hydrogen-bond acceptors (Lipinski definition) is 5. The van der Waals surface area contributed by atoms with E-state index in [9.17, 15) is 9.59 Å². The molecule has 4 N–H and O–H groups in total. The lowest BCUT2D eigenvalue weighted by Gasteiger charge is -2.10. The van der Waals surface area contributed by atoms with Crippen molar-refractivity contribution >= 4 is 11.9 Å². The summed E-state index contributed by atoms with van der Waals surface area (Å²) in [5, 5.41) is 34.2. The maximum absolute atomic E-state index is 10.5. The maximum Gasteiger partial charge on any atom is 0.336 e. The molecule has 2 atom stereocenters. The number of aromatic carboxylic acids is 2. The lowest BCUT2D eigenvalue weighted by Crippen LogP contribution is -2.19. The van der Waals surface area contributed by atoms with E-state index in [2.05, 4.69) is 26.3 Å². The molecule has 0 aliphatic heterocycles. The van der Waals surface area contributed by atoms with Crippen molar-refractivity contribution < 1.29 is 34.8 Å². The van der Waals surface area contributed by atoms with Crippen molar-refractivity contribution in [2.45, 2.75) is 26.1 Å². The van der Waals surface area contributed by atoms with Crippen molar-refractivity contribution in [3.05, 3.63) is 61.7 Å². The molecule has 0 fully saturated rings. The summed E-state index contributed by atoms with van der Waals surface area (Å²) in [6.07, 6.45) is -0.612.